The molecular weight excluding hydrogens is 366 g/mol. The Morgan fingerprint density at radius 3 is 2.27 bits per heavy atom. The van der Waals surface area contributed by atoms with Gasteiger partial charge in [0.15, 0.2) is 4.32 Å². The van der Waals surface area contributed by atoms with Crippen LogP contribution in [-0.4, -0.2) is 15.3 Å². The number of amides is 1. The van der Waals surface area contributed by atoms with Gasteiger partial charge >= 0.3 is 0 Å². The van der Waals surface area contributed by atoms with Gasteiger partial charge in [-0.25, -0.2) is 0 Å². The summed E-state index contributed by atoms with van der Waals surface area (Å²) in [6, 6.07) is 18.3. The van der Waals surface area contributed by atoms with Crippen molar-refractivity contribution >= 4 is 61.8 Å². The molecule has 6 heteroatoms. The van der Waals surface area contributed by atoms with Gasteiger partial charge in [0.2, 0.25) is 0 Å². The van der Waals surface area contributed by atoms with Crippen molar-refractivity contribution in [2.45, 2.75) is 0 Å². The number of carbonyl (C=O) groups is 1. The summed E-state index contributed by atoms with van der Waals surface area (Å²) in [7, 11) is 0. The van der Waals surface area contributed by atoms with Crippen LogP contribution in [0.25, 0.3) is 27.6 Å². The van der Waals surface area contributed by atoms with Gasteiger partial charge < -0.3 is 4.89 Å². The van der Waals surface area contributed by atoms with Crippen LogP contribution in [0, 0.1) is 0 Å². The number of rotatable bonds is 4. The van der Waals surface area contributed by atoms with Crippen molar-refractivity contribution in [3.8, 4) is 0 Å². The first-order valence-electron chi connectivity index (χ1n) is 7.82. The fourth-order valence-corrected chi connectivity index (χ4v) is 4.04. The molecule has 4 rings (SSSR count). The third-order valence-corrected chi connectivity index (χ3v) is 5.30. The minimum absolute atomic E-state index is 0.271. The summed E-state index contributed by atoms with van der Waals surface area (Å²) in [6.07, 6.45) is 2.95. The summed E-state index contributed by atoms with van der Waals surface area (Å²) in [5, 5.41) is 5.30. The van der Waals surface area contributed by atoms with E-state index >= 15 is 0 Å². The van der Waals surface area contributed by atoms with Gasteiger partial charge in [-0.15, -0.1) is 5.06 Å². The molecule has 0 aromatic heterocycles. The van der Waals surface area contributed by atoms with Crippen molar-refractivity contribution in [2.24, 2.45) is 0 Å². The highest BCUT2D eigenvalue weighted by Crippen LogP contribution is 2.36. The molecule has 0 atom stereocenters. The van der Waals surface area contributed by atoms with Crippen molar-refractivity contribution < 1.29 is 14.7 Å². The molecule has 0 bridgehead atoms. The molecule has 1 aliphatic rings. The lowest BCUT2D eigenvalue weighted by atomic mass is 9.96. The average molecular weight is 379 g/mol. The predicted molar refractivity (Wildman–Crippen MR) is 109 cm³/mol. The lowest BCUT2D eigenvalue weighted by molar-refractivity contribution is -0.350. The Morgan fingerprint density at radius 2 is 1.65 bits per heavy atom. The molecule has 128 valence electrons. The van der Waals surface area contributed by atoms with Crippen LogP contribution in [0.1, 0.15) is 5.56 Å². The van der Waals surface area contributed by atoms with Crippen LogP contribution < -0.4 is 0 Å². The topological polar surface area (TPSA) is 38.8 Å². The second-order valence-corrected chi connectivity index (χ2v) is 7.22. The number of fused-ring (bicyclic) bond motifs is 2. The Kier molecular flexibility index (Phi) is 4.46. The number of hydrogen-bond acceptors (Lipinski definition) is 5. The maximum atomic E-state index is 12.6. The molecule has 3 aromatic carbocycles. The number of hydrogen-bond donors (Lipinski definition) is 0. The molecule has 1 aliphatic heterocycles. The van der Waals surface area contributed by atoms with Gasteiger partial charge in [0.25, 0.3) is 5.91 Å². The van der Waals surface area contributed by atoms with Gasteiger partial charge in [-0.05, 0) is 51.5 Å². The van der Waals surface area contributed by atoms with Crippen molar-refractivity contribution in [1.82, 2.24) is 5.06 Å². The summed E-state index contributed by atoms with van der Waals surface area (Å²) in [6.45, 7) is 3.38. The van der Waals surface area contributed by atoms with Crippen LogP contribution in [0.3, 0.4) is 0 Å². The first-order chi connectivity index (χ1) is 12.7. The lowest BCUT2D eigenvalue weighted by Crippen LogP contribution is -2.27. The highest BCUT2D eigenvalue weighted by Gasteiger charge is 2.34. The Bertz CT molecular complexity index is 1040. The molecule has 1 fully saturated rings. The maximum Gasteiger partial charge on any atom is 0.293 e. The van der Waals surface area contributed by atoms with E-state index in [9.17, 15) is 4.79 Å². The number of thioether (sulfide) groups is 1. The molecule has 0 radical (unpaired) electrons. The summed E-state index contributed by atoms with van der Waals surface area (Å²) in [5.74, 6) is -0.362. The summed E-state index contributed by atoms with van der Waals surface area (Å²) in [5.41, 5.74) is 0.976. The number of nitrogens with zero attached hydrogens (tertiary/aromatic N) is 1. The van der Waals surface area contributed by atoms with Crippen molar-refractivity contribution in [1.29, 1.82) is 0 Å². The predicted octanol–water partition coefficient (Wildman–Crippen LogP) is 5.20. The van der Waals surface area contributed by atoms with Crippen LogP contribution in [0.2, 0.25) is 0 Å². The normalized spacial score (nSPS) is 16.0. The average Bonchev–Trinajstić information content (AvgIpc) is 2.93. The number of benzene rings is 3. The zero-order valence-corrected chi connectivity index (χ0v) is 15.2. The van der Waals surface area contributed by atoms with Crippen LogP contribution >= 0.6 is 24.0 Å². The molecule has 0 unspecified atom stereocenters. The SMILES string of the molecule is C=COON1C(=O)C(=Cc2c3ccccc3cc3ccccc23)SC1=S. The van der Waals surface area contributed by atoms with E-state index in [1.807, 2.05) is 42.5 Å². The molecule has 0 spiro atoms. The third kappa shape index (κ3) is 2.88. The largest absolute Gasteiger partial charge is 0.322 e. The van der Waals surface area contributed by atoms with E-state index in [2.05, 4.69) is 29.7 Å². The molecular formula is C20H13NO3S2. The standard InChI is InChI=1S/C20H13NO3S2/c1-2-23-24-21-19(22)18(26-20(21)25)12-17-15-9-5-3-7-13(15)11-14-8-4-6-10-16(14)17/h2-12H,1H2. The van der Waals surface area contributed by atoms with Gasteiger partial charge in [0, 0.05) is 0 Å². The first-order valence-corrected chi connectivity index (χ1v) is 9.04. The minimum atomic E-state index is -0.362. The highest BCUT2D eigenvalue weighted by atomic mass is 32.2. The Labute approximate surface area is 159 Å². The van der Waals surface area contributed by atoms with Crippen molar-refractivity contribution in [3.05, 3.63) is 77.9 Å². The van der Waals surface area contributed by atoms with E-state index in [0.717, 1.165) is 38.4 Å². The number of thiocarbonyl (C=S) groups is 1. The number of hydroxylamine groups is 2. The van der Waals surface area contributed by atoms with Crippen LogP contribution in [0.4, 0.5) is 0 Å². The van der Waals surface area contributed by atoms with Crippen molar-refractivity contribution in [2.75, 3.05) is 0 Å². The molecule has 1 saturated heterocycles. The van der Waals surface area contributed by atoms with Gasteiger partial charge in [-0.1, -0.05) is 71.9 Å². The Hall–Kier alpha value is -2.67. The number of carbonyl (C=O) groups excluding carboxylic acids is 1. The van der Waals surface area contributed by atoms with Gasteiger partial charge in [0.1, 0.15) is 6.26 Å². The molecule has 1 heterocycles. The molecule has 0 aliphatic carbocycles. The fraction of sp³-hybridized carbons (Fsp3) is 0. The van der Waals surface area contributed by atoms with Crippen molar-refractivity contribution in [3.63, 3.8) is 0 Å². The van der Waals surface area contributed by atoms with E-state index in [1.165, 1.54) is 11.8 Å². The highest BCUT2D eigenvalue weighted by molar-refractivity contribution is 8.26. The van der Waals surface area contributed by atoms with E-state index in [-0.39, 0.29) is 10.2 Å². The molecule has 1 amide bonds. The Balaban J connectivity index is 1.88. The second-order valence-electron chi connectivity index (χ2n) is 5.55. The summed E-state index contributed by atoms with van der Waals surface area (Å²) in [4.78, 5) is 22.6. The summed E-state index contributed by atoms with van der Waals surface area (Å²) < 4.78 is 0.271. The van der Waals surface area contributed by atoms with E-state index < -0.39 is 0 Å². The molecule has 0 N–H and O–H groups in total. The van der Waals surface area contributed by atoms with Gasteiger partial charge in [0.05, 0.1) is 4.91 Å². The quantitative estimate of drug-likeness (QED) is 0.156. The minimum Gasteiger partial charge on any atom is -0.322 e. The van der Waals surface area contributed by atoms with Gasteiger partial charge in [-0.3, -0.25) is 4.79 Å². The molecule has 26 heavy (non-hydrogen) atoms. The lowest BCUT2D eigenvalue weighted by Gasteiger charge is -2.10. The van der Waals surface area contributed by atoms with Crippen LogP contribution in [-0.2, 0) is 14.7 Å². The molecule has 4 nitrogen and oxygen atoms in total. The van der Waals surface area contributed by atoms with E-state index in [0.29, 0.717) is 4.91 Å². The summed E-state index contributed by atoms with van der Waals surface area (Å²) >= 11 is 6.38. The van der Waals surface area contributed by atoms with E-state index in [4.69, 9.17) is 17.2 Å². The Morgan fingerprint density at radius 1 is 1.04 bits per heavy atom. The monoisotopic (exact) mass is 379 g/mol. The first kappa shape index (κ1) is 16.8. The van der Waals surface area contributed by atoms with E-state index in [1.54, 1.807) is 0 Å². The molecule has 0 saturated carbocycles. The molecule has 3 aromatic rings. The smallest absolute Gasteiger partial charge is 0.293 e. The zero-order valence-electron chi connectivity index (χ0n) is 13.5. The second kappa shape index (κ2) is 6.92. The maximum absolute atomic E-state index is 12.6. The van der Waals surface area contributed by atoms with Gasteiger partial charge in [-0.2, -0.15) is 0 Å². The zero-order chi connectivity index (χ0) is 18.1. The third-order valence-electron chi connectivity index (χ3n) is 4.03. The van der Waals surface area contributed by atoms with Crippen LogP contribution in [0.15, 0.2) is 72.3 Å². The van der Waals surface area contributed by atoms with Crippen LogP contribution in [0.5, 0.6) is 0 Å². The fourth-order valence-electron chi connectivity index (χ4n) is 2.93.